The molecule has 0 bridgehead atoms. The standard InChI is InChI=1S/C26H38N6O7/c1-4-13(2)21(26(38)39)31-24(36)19(11-15-12-29-18-8-6-5-7-16(15)18)30-25(37)22(14(3)33)32-23(35)17(27)9-10-20(28)34/h5-8,12-14,17,19,21-22,29,33H,4,9-11,27H2,1-3H3,(H2,28,34)(H,30,37)(H,31,36)(H,32,35)(H,38,39). The van der Waals surface area contributed by atoms with Crippen LogP contribution in [0.3, 0.4) is 0 Å². The number of primary amides is 1. The van der Waals surface area contributed by atoms with Gasteiger partial charge in [0.05, 0.1) is 12.1 Å². The van der Waals surface area contributed by atoms with E-state index < -0.39 is 59.9 Å². The second kappa shape index (κ2) is 14.3. The maximum Gasteiger partial charge on any atom is 0.326 e. The fourth-order valence-corrected chi connectivity index (χ4v) is 4.02. The summed E-state index contributed by atoms with van der Waals surface area (Å²) in [6.45, 7) is 4.76. The van der Waals surface area contributed by atoms with Crippen LogP contribution in [0.2, 0.25) is 0 Å². The van der Waals surface area contributed by atoms with E-state index in [0.29, 0.717) is 12.0 Å². The van der Waals surface area contributed by atoms with Gasteiger partial charge in [0.15, 0.2) is 0 Å². The van der Waals surface area contributed by atoms with Crippen molar-refractivity contribution in [2.45, 2.75) is 76.7 Å². The highest BCUT2D eigenvalue weighted by Gasteiger charge is 2.34. The van der Waals surface area contributed by atoms with Crippen molar-refractivity contribution in [1.29, 1.82) is 0 Å². The predicted octanol–water partition coefficient (Wildman–Crippen LogP) is -0.731. The number of aromatic nitrogens is 1. The number of aliphatic hydroxyl groups excluding tert-OH is 1. The number of carboxylic acid groups (broad SMARTS) is 1. The number of carboxylic acids is 1. The van der Waals surface area contributed by atoms with Gasteiger partial charge in [-0.25, -0.2) is 4.79 Å². The first kappa shape index (κ1) is 31.2. The molecule has 1 aromatic carbocycles. The van der Waals surface area contributed by atoms with E-state index in [2.05, 4.69) is 20.9 Å². The number of hydrogen-bond donors (Lipinski definition) is 8. The molecule has 13 nitrogen and oxygen atoms in total. The lowest BCUT2D eigenvalue weighted by atomic mass is 9.97. The lowest BCUT2D eigenvalue weighted by Gasteiger charge is -2.27. The van der Waals surface area contributed by atoms with E-state index in [0.717, 1.165) is 10.9 Å². The van der Waals surface area contributed by atoms with E-state index in [-0.39, 0.29) is 25.2 Å². The number of aromatic amines is 1. The van der Waals surface area contributed by atoms with Crippen LogP contribution in [-0.2, 0) is 30.4 Å². The minimum Gasteiger partial charge on any atom is -0.480 e. The van der Waals surface area contributed by atoms with Gasteiger partial charge in [0.2, 0.25) is 23.6 Å². The smallest absolute Gasteiger partial charge is 0.326 e. The number of fused-ring (bicyclic) bond motifs is 1. The normalized spacial score (nSPS) is 15.8. The van der Waals surface area contributed by atoms with Gasteiger partial charge >= 0.3 is 5.97 Å². The number of hydrogen-bond acceptors (Lipinski definition) is 7. The van der Waals surface area contributed by atoms with E-state index in [1.807, 2.05) is 24.3 Å². The highest BCUT2D eigenvalue weighted by atomic mass is 16.4. The Labute approximate surface area is 226 Å². The molecule has 214 valence electrons. The van der Waals surface area contributed by atoms with Crippen molar-refractivity contribution in [3.05, 3.63) is 36.0 Å². The van der Waals surface area contributed by atoms with Crippen LogP contribution in [0.25, 0.3) is 10.9 Å². The summed E-state index contributed by atoms with van der Waals surface area (Å²) in [4.78, 5) is 65.0. The molecule has 0 aliphatic heterocycles. The second-order valence-corrected chi connectivity index (χ2v) is 9.67. The Hall–Kier alpha value is -3.97. The Morgan fingerprint density at radius 3 is 2.21 bits per heavy atom. The first-order valence-electron chi connectivity index (χ1n) is 12.8. The Kier molecular flexibility index (Phi) is 11.4. The number of rotatable bonds is 15. The number of aliphatic hydroxyl groups is 1. The van der Waals surface area contributed by atoms with Crippen molar-refractivity contribution in [1.82, 2.24) is 20.9 Å². The Bertz CT molecular complexity index is 1180. The fraction of sp³-hybridized carbons (Fsp3) is 0.500. The van der Waals surface area contributed by atoms with Crippen LogP contribution in [0.5, 0.6) is 0 Å². The summed E-state index contributed by atoms with van der Waals surface area (Å²) >= 11 is 0. The fourth-order valence-electron chi connectivity index (χ4n) is 4.02. The number of carbonyl (C=O) groups excluding carboxylic acids is 4. The molecule has 0 radical (unpaired) electrons. The molecule has 0 saturated heterocycles. The number of aliphatic carboxylic acids is 1. The molecule has 6 atom stereocenters. The maximum absolute atomic E-state index is 13.3. The van der Waals surface area contributed by atoms with Crippen molar-refractivity contribution in [2.24, 2.45) is 17.4 Å². The molecule has 0 aliphatic carbocycles. The predicted molar refractivity (Wildman–Crippen MR) is 143 cm³/mol. The van der Waals surface area contributed by atoms with Crippen molar-refractivity contribution in [3.8, 4) is 0 Å². The number of nitrogens with one attached hydrogen (secondary N) is 4. The molecule has 10 N–H and O–H groups in total. The number of H-pyrrole nitrogens is 1. The van der Waals surface area contributed by atoms with Gasteiger partial charge in [-0.3, -0.25) is 19.2 Å². The molecule has 2 aromatic rings. The summed E-state index contributed by atoms with van der Waals surface area (Å²) in [5, 5.41) is 28.1. The molecule has 39 heavy (non-hydrogen) atoms. The average molecular weight is 547 g/mol. The van der Waals surface area contributed by atoms with Gasteiger partial charge in [-0.1, -0.05) is 38.5 Å². The van der Waals surface area contributed by atoms with Crippen LogP contribution in [-0.4, -0.2) is 75.1 Å². The zero-order chi connectivity index (χ0) is 29.3. The average Bonchev–Trinajstić information content (AvgIpc) is 3.29. The van der Waals surface area contributed by atoms with Crippen molar-refractivity contribution < 1.29 is 34.2 Å². The number of carbonyl (C=O) groups is 5. The first-order valence-corrected chi connectivity index (χ1v) is 12.8. The Balaban J connectivity index is 2.30. The van der Waals surface area contributed by atoms with Crippen LogP contribution in [0.4, 0.5) is 0 Å². The third-order valence-corrected chi connectivity index (χ3v) is 6.61. The first-order chi connectivity index (χ1) is 18.3. The molecule has 0 fully saturated rings. The van der Waals surface area contributed by atoms with Gasteiger partial charge in [-0.15, -0.1) is 0 Å². The monoisotopic (exact) mass is 546 g/mol. The summed E-state index contributed by atoms with van der Waals surface area (Å²) in [6.07, 6.45) is 0.587. The summed E-state index contributed by atoms with van der Waals surface area (Å²) in [7, 11) is 0. The van der Waals surface area contributed by atoms with Crippen molar-refractivity contribution in [3.63, 3.8) is 0 Å². The maximum atomic E-state index is 13.3. The quantitative estimate of drug-likeness (QED) is 0.142. The van der Waals surface area contributed by atoms with Crippen LogP contribution >= 0.6 is 0 Å². The van der Waals surface area contributed by atoms with E-state index >= 15 is 0 Å². The number of nitrogens with two attached hydrogens (primary N) is 2. The topological polar surface area (TPSA) is 230 Å². The summed E-state index contributed by atoms with van der Waals surface area (Å²) in [5.74, 6) is -4.66. The molecule has 13 heteroatoms. The van der Waals surface area contributed by atoms with Crippen molar-refractivity contribution >= 4 is 40.5 Å². The highest BCUT2D eigenvalue weighted by Crippen LogP contribution is 2.19. The minimum absolute atomic E-state index is 0.00691. The van der Waals surface area contributed by atoms with E-state index in [4.69, 9.17) is 11.5 Å². The molecular formula is C26H38N6O7. The molecule has 0 spiro atoms. The molecule has 0 saturated carbocycles. The molecular weight excluding hydrogens is 508 g/mol. The summed E-state index contributed by atoms with van der Waals surface area (Å²) in [5.41, 5.74) is 12.4. The largest absolute Gasteiger partial charge is 0.480 e. The Morgan fingerprint density at radius 2 is 1.62 bits per heavy atom. The van der Waals surface area contributed by atoms with E-state index in [1.165, 1.54) is 6.92 Å². The van der Waals surface area contributed by atoms with Gasteiger partial charge in [0, 0.05) is 29.9 Å². The second-order valence-electron chi connectivity index (χ2n) is 9.67. The Morgan fingerprint density at radius 1 is 0.974 bits per heavy atom. The summed E-state index contributed by atoms with van der Waals surface area (Å²) in [6, 6.07) is 2.24. The van der Waals surface area contributed by atoms with Crippen LogP contribution in [0.15, 0.2) is 30.5 Å². The van der Waals surface area contributed by atoms with Gasteiger partial charge < -0.3 is 42.6 Å². The van der Waals surface area contributed by atoms with Gasteiger partial charge in [0.1, 0.15) is 18.1 Å². The summed E-state index contributed by atoms with van der Waals surface area (Å²) < 4.78 is 0. The molecule has 2 rings (SSSR count). The van der Waals surface area contributed by atoms with Crippen LogP contribution in [0, 0.1) is 5.92 Å². The third-order valence-electron chi connectivity index (χ3n) is 6.61. The highest BCUT2D eigenvalue weighted by molar-refractivity contribution is 5.95. The third kappa shape index (κ3) is 8.79. The SMILES string of the molecule is CCC(C)C(NC(=O)C(Cc1c[nH]c2ccccc12)NC(=O)C(NC(=O)C(N)CCC(N)=O)C(C)O)C(=O)O. The van der Waals surface area contributed by atoms with E-state index in [1.54, 1.807) is 20.0 Å². The number of para-hydroxylation sites is 1. The molecule has 6 unspecified atom stereocenters. The molecule has 0 aliphatic rings. The van der Waals surface area contributed by atoms with Crippen LogP contribution in [0.1, 0.15) is 45.6 Å². The molecule has 1 aromatic heterocycles. The van der Waals surface area contributed by atoms with Gasteiger partial charge in [0.25, 0.3) is 0 Å². The zero-order valence-corrected chi connectivity index (χ0v) is 22.3. The lowest BCUT2D eigenvalue weighted by molar-refractivity contribution is -0.144. The van der Waals surface area contributed by atoms with Gasteiger partial charge in [-0.2, -0.15) is 0 Å². The van der Waals surface area contributed by atoms with Gasteiger partial charge in [-0.05, 0) is 30.9 Å². The molecule has 4 amide bonds. The van der Waals surface area contributed by atoms with Crippen LogP contribution < -0.4 is 27.4 Å². The van der Waals surface area contributed by atoms with E-state index in [9.17, 15) is 34.2 Å². The lowest BCUT2D eigenvalue weighted by Crippen LogP contribution is -2.60. The molecule has 1 heterocycles. The van der Waals surface area contributed by atoms with Crippen molar-refractivity contribution in [2.75, 3.05) is 0 Å². The minimum atomic E-state index is -1.49. The number of amides is 4. The number of benzene rings is 1. The zero-order valence-electron chi connectivity index (χ0n) is 22.3.